The molecule has 0 saturated heterocycles. The molecule has 1 aromatic carbocycles. The summed E-state index contributed by atoms with van der Waals surface area (Å²) in [6.45, 7) is 2.72. The number of rotatable bonds is 10. The van der Waals surface area contributed by atoms with Crippen LogP contribution in [0.25, 0.3) is 16.8 Å². The van der Waals surface area contributed by atoms with Gasteiger partial charge in [0.1, 0.15) is 11.4 Å². The lowest BCUT2D eigenvalue weighted by Gasteiger charge is -2.11. The molecule has 0 atom stereocenters. The maximum Gasteiger partial charge on any atom is 0.332 e. The minimum Gasteiger partial charge on any atom is -0.497 e. The number of hydrogen-bond donors (Lipinski definition) is 1. The van der Waals surface area contributed by atoms with Gasteiger partial charge in [-0.1, -0.05) is 6.92 Å². The van der Waals surface area contributed by atoms with Crippen LogP contribution in [0.2, 0.25) is 0 Å². The summed E-state index contributed by atoms with van der Waals surface area (Å²) in [5.74, 6) is 0.135. The van der Waals surface area contributed by atoms with Gasteiger partial charge in [0.15, 0.2) is 11.2 Å². The number of carbonyl (C=O) groups is 1. The van der Waals surface area contributed by atoms with Gasteiger partial charge in [-0.05, 0) is 49.6 Å². The average molecular weight is 532 g/mol. The monoisotopic (exact) mass is 531 g/mol. The molecule has 1 amide bonds. The van der Waals surface area contributed by atoms with Crippen molar-refractivity contribution in [2.45, 2.75) is 44.2 Å². The van der Waals surface area contributed by atoms with E-state index in [-0.39, 0.29) is 30.8 Å². The van der Waals surface area contributed by atoms with Crippen molar-refractivity contribution in [1.82, 2.24) is 23.8 Å². The number of hydrogen-bond acceptors (Lipinski definition) is 7. The van der Waals surface area contributed by atoms with E-state index in [0.717, 1.165) is 12.1 Å². The van der Waals surface area contributed by atoms with Crippen LogP contribution >= 0.6 is 0 Å². The highest BCUT2D eigenvalue weighted by Crippen LogP contribution is 2.18. The van der Waals surface area contributed by atoms with E-state index in [1.807, 2.05) is 6.92 Å². The van der Waals surface area contributed by atoms with E-state index in [0.29, 0.717) is 36.2 Å². The smallest absolute Gasteiger partial charge is 0.332 e. The van der Waals surface area contributed by atoms with Crippen LogP contribution in [0.15, 0.2) is 57.1 Å². The number of aryl methyl sites for hydroxylation is 1. The summed E-state index contributed by atoms with van der Waals surface area (Å²) in [6.07, 6.45) is 3.32. The molecule has 196 valence electrons. The summed E-state index contributed by atoms with van der Waals surface area (Å²) >= 11 is 0. The third kappa shape index (κ3) is 5.26. The van der Waals surface area contributed by atoms with Gasteiger partial charge in [-0.15, -0.1) is 3.89 Å². The largest absolute Gasteiger partial charge is 0.497 e. The highest BCUT2D eigenvalue weighted by atomic mass is 32.3. The number of benzene rings is 1. The Morgan fingerprint density at radius 3 is 2.46 bits per heavy atom. The number of ether oxygens (including phenoxy) is 1. The predicted octanol–water partition coefficient (Wildman–Crippen LogP) is 2.10. The number of nitrogens with zero attached hydrogens (tertiary/aromatic N) is 4. The van der Waals surface area contributed by atoms with E-state index in [2.05, 4.69) is 10.3 Å². The second-order valence-corrected chi connectivity index (χ2v) is 9.74. The maximum absolute atomic E-state index is 13.2. The van der Waals surface area contributed by atoms with Crippen LogP contribution in [-0.4, -0.2) is 46.5 Å². The van der Waals surface area contributed by atoms with E-state index in [1.165, 1.54) is 28.4 Å². The van der Waals surface area contributed by atoms with E-state index < -0.39 is 32.3 Å². The minimum absolute atomic E-state index is 0.192. The number of fused-ring (bicyclic) bond motifs is 3. The zero-order chi connectivity index (χ0) is 26.7. The van der Waals surface area contributed by atoms with Crippen LogP contribution in [0.3, 0.4) is 0 Å². The van der Waals surface area contributed by atoms with Crippen molar-refractivity contribution in [3.05, 3.63) is 69.0 Å². The molecule has 4 rings (SSSR count). The molecule has 3 heterocycles. The lowest BCUT2D eigenvalue weighted by atomic mass is 10.2. The Bertz CT molecular complexity index is 1690. The minimum atomic E-state index is -4.83. The molecule has 0 aliphatic rings. The summed E-state index contributed by atoms with van der Waals surface area (Å²) in [5.41, 5.74) is 0.404. The lowest BCUT2D eigenvalue weighted by molar-refractivity contribution is 0.0952. The highest BCUT2D eigenvalue weighted by molar-refractivity contribution is 7.86. The quantitative estimate of drug-likeness (QED) is 0.245. The Labute approximate surface area is 211 Å². The molecule has 3 aromatic heterocycles. The Morgan fingerprint density at radius 1 is 1.08 bits per heavy atom. The van der Waals surface area contributed by atoms with E-state index >= 15 is 0 Å². The van der Waals surface area contributed by atoms with Gasteiger partial charge < -0.3 is 10.1 Å². The standard InChI is InChI=1S/C24H26FN5O6S/c1-3-12-30-23(32)20-21(27-19-15-17(36-2)10-14-28(19)20)29(24(30)33)13-5-4-11-26-22(31)16-6-8-18(9-7-16)37(25,34)35/h6-10,14-15H,3-5,11-13H2,1-2H3,(H,26,31). The first-order valence-corrected chi connectivity index (χ1v) is 13.1. The van der Waals surface area contributed by atoms with Gasteiger partial charge in [0.25, 0.3) is 11.5 Å². The molecule has 11 nitrogen and oxygen atoms in total. The van der Waals surface area contributed by atoms with Crippen molar-refractivity contribution in [3.8, 4) is 5.75 Å². The normalized spacial score (nSPS) is 11.8. The molecule has 0 radical (unpaired) electrons. The number of imidazole rings is 1. The van der Waals surface area contributed by atoms with Crippen LogP contribution < -0.4 is 21.3 Å². The van der Waals surface area contributed by atoms with Crippen molar-refractivity contribution < 1.29 is 21.8 Å². The number of halogens is 1. The van der Waals surface area contributed by atoms with Crippen molar-refractivity contribution in [2.75, 3.05) is 13.7 Å². The zero-order valence-electron chi connectivity index (χ0n) is 20.3. The van der Waals surface area contributed by atoms with Crippen LogP contribution in [0.5, 0.6) is 5.75 Å². The second kappa shape index (κ2) is 10.5. The number of pyridine rings is 1. The number of aromatic nitrogens is 4. The molecule has 37 heavy (non-hydrogen) atoms. The lowest BCUT2D eigenvalue weighted by Crippen LogP contribution is -2.40. The summed E-state index contributed by atoms with van der Waals surface area (Å²) in [5, 5.41) is 2.71. The van der Waals surface area contributed by atoms with Crippen LogP contribution in [0.4, 0.5) is 3.89 Å². The molecule has 13 heteroatoms. The van der Waals surface area contributed by atoms with Crippen molar-refractivity contribution in [1.29, 1.82) is 0 Å². The molecule has 0 unspecified atom stereocenters. The Hall–Kier alpha value is -4.00. The maximum atomic E-state index is 13.2. The van der Waals surface area contributed by atoms with E-state index in [9.17, 15) is 26.7 Å². The number of methoxy groups -OCH3 is 1. The van der Waals surface area contributed by atoms with Crippen molar-refractivity contribution >= 4 is 32.9 Å². The Morgan fingerprint density at radius 2 is 1.81 bits per heavy atom. The predicted molar refractivity (Wildman–Crippen MR) is 134 cm³/mol. The van der Waals surface area contributed by atoms with E-state index in [4.69, 9.17) is 4.74 Å². The number of amides is 1. The SMILES string of the molecule is CCCn1c(=O)c2c(nc3cc(OC)ccn32)n(CCCCNC(=O)c2ccc(S(=O)(=O)F)cc2)c1=O. The first-order chi connectivity index (χ1) is 17.7. The average Bonchev–Trinajstić information content (AvgIpc) is 3.26. The van der Waals surface area contributed by atoms with Crippen molar-refractivity contribution in [3.63, 3.8) is 0 Å². The first-order valence-electron chi connectivity index (χ1n) is 11.7. The van der Waals surface area contributed by atoms with Crippen molar-refractivity contribution in [2.24, 2.45) is 0 Å². The Kier molecular flexibility index (Phi) is 7.43. The highest BCUT2D eigenvalue weighted by Gasteiger charge is 2.19. The fraction of sp³-hybridized carbons (Fsp3) is 0.333. The topological polar surface area (TPSA) is 134 Å². The fourth-order valence-electron chi connectivity index (χ4n) is 4.07. The number of unbranched alkanes of at least 4 members (excludes halogenated alkanes) is 1. The summed E-state index contributed by atoms with van der Waals surface area (Å²) in [6, 6.07) is 7.90. The molecule has 0 fully saturated rings. The third-order valence-electron chi connectivity index (χ3n) is 5.92. The summed E-state index contributed by atoms with van der Waals surface area (Å²) < 4.78 is 44.4. The van der Waals surface area contributed by atoms with Gasteiger partial charge in [0, 0.05) is 37.5 Å². The van der Waals surface area contributed by atoms with Gasteiger partial charge in [-0.25, -0.2) is 9.78 Å². The Balaban J connectivity index is 1.51. The van der Waals surface area contributed by atoms with Crippen LogP contribution in [0, 0.1) is 0 Å². The molecular formula is C24H26FN5O6S. The molecular weight excluding hydrogens is 505 g/mol. The molecule has 0 aliphatic heterocycles. The summed E-state index contributed by atoms with van der Waals surface area (Å²) in [7, 11) is -3.30. The van der Waals surface area contributed by atoms with Gasteiger partial charge >= 0.3 is 15.9 Å². The van der Waals surface area contributed by atoms with Gasteiger partial charge in [0.05, 0.1) is 12.0 Å². The van der Waals surface area contributed by atoms with Gasteiger partial charge in [0.2, 0.25) is 0 Å². The van der Waals surface area contributed by atoms with Crippen LogP contribution in [-0.2, 0) is 23.3 Å². The molecule has 0 aliphatic carbocycles. The molecule has 0 saturated carbocycles. The molecule has 0 spiro atoms. The van der Waals surface area contributed by atoms with Crippen LogP contribution in [0.1, 0.15) is 36.5 Å². The third-order valence-corrected chi connectivity index (χ3v) is 6.75. The zero-order valence-corrected chi connectivity index (χ0v) is 21.1. The fourth-order valence-corrected chi connectivity index (χ4v) is 4.53. The first kappa shape index (κ1) is 26.1. The molecule has 1 N–H and O–H groups in total. The number of nitrogens with one attached hydrogen (secondary N) is 1. The van der Waals surface area contributed by atoms with Gasteiger partial charge in [-0.3, -0.25) is 23.1 Å². The van der Waals surface area contributed by atoms with E-state index in [1.54, 1.807) is 22.7 Å². The second-order valence-electron chi connectivity index (χ2n) is 8.40. The molecule has 0 bridgehead atoms. The van der Waals surface area contributed by atoms with Gasteiger partial charge in [-0.2, -0.15) is 8.42 Å². The number of carbonyl (C=O) groups excluding carboxylic acids is 1. The molecule has 4 aromatic rings. The summed E-state index contributed by atoms with van der Waals surface area (Å²) in [4.78, 5) is 42.6.